The van der Waals surface area contributed by atoms with Crippen LogP contribution in [0.4, 0.5) is 9.52 Å². The normalized spacial score (nSPS) is 10.8. The summed E-state index contributed by atoms with van der Waals surface area (Å²) >= 11 is 8.25. The quantitative estimate of drug-likeness (QED) is 0.288. The molecule has 14 heteroatoms. The average Bonchev–Trinajstić information content (AvgIpc) is 3.47. The fourth-order valence-electron chi connectivity index (χ4n) is 2.90. The zero-order chi connectivity index (χ0) is 25.5. The second kappa shape index (κ2) is 11.9. The smallest absolute Gasteiger partial charge is 0.258 e. The summed E-state index contributed by atoms with van der Waals surface area (Å²) in [5.41, 5.74) is 0.575. The number of aromatic nitrogens is 5. The number of anilines is 1. The van der Waals surface area contributed by atoms with Crippen LogP contribution in [0.2, 0.25) is 5.02 Å². The van der Waals surface area contributed by atoms with Crippen LogP contribution in [-0.4, -0.2) is 49.1 Å². The van der Waals surface area contributed by atoms with Crippen LogP contribution in [0.15, 0.2) is 53.7 Å². The van der Waals surface area contributed by atoms with Crippen molar-refractivity contribution in [2.75, 3.05) is 17.7 Å². The van der Waals surface area contributed by atoms with Gasteiger partial charge in [-0.2, -0.15) is 0 Å². The van der Waals surface area contributed by atoms with E-state index in [1.807, 2.05) is 0 Å². The molecule has 2 heterocycles. The monoisotopic (exact) mass is 547 g/mol. The zero-order valence-electron chi connectivity index (χ0n) is 18.8. The highest BCUT2D eigenvalue weighted by atomic mass is 35.5. The molecule has 0 radical (unpaired) electrons. The fourth-order valence-corrected chi connectivity index (χ4v) is 4.40. The first-order valence-electron chi connectivity index (χ1n) is 10.5. The van der Waals surface area contributed by atoms with Crippen molar-refractivity contribution in [3.8, 4) is 11.4 Å². The number of thioether (sulfide) groups is 1. The van der Waals surface area contributed by atoms with Crippen LogP contribution in [0.3, 0.4) is 0 Å². The molecule has 36 heavy (non-hydrogen) atoms. The van der Waals surface area contributed by atoms with Gasteiger partial charge in [-0.05, 0) is 55.5 Å². The molecular weight excluding hydrogens is 529 g/mol. The first-order valence-corrected chi connectivity index (χ1v) is 12.6. The number of amides is 2. The lowest BCUT2D eigenvalue weighted by Gasteiger charge is -2.11. The second-order valence-corrected chi connectivity index (χ2v) is 9.75. The molecule has 4 rings (SSSR count). The highest BCUT2D eigenvalue weighted by Crippen LogP contribution is 2.23. The summed E-state index contributed by atoms with van der Waals surface area (Å²) < 4.78 is 20.6. The van der Waals surface area contributed by atoms with E-state index in [1.165, 1.54) is 23.5 Å². The molecule has 2 aromatic heterocycles. The third kappa shape index (κ3) is 6.99. The van der Waals surface area contributed by atoms with Crippen molar-refractivity contribution in [2.45, 2.75) is 18.6 Å². The van der Waals surface area contributed by atoms with Gasteiger partial charge in [-0.15, -0.1) is 20.4 Å². The van der Waals surface area contributed by atoms with Crippen LogP contribution < -0.4 is 15.4 Å². The van der Waals surface area contributed by atoms with Crippen molar-refractivity contribution in [1.29, 1.82) is 0 Å². The van der Waals surface area contributed by atoms with Crippen LogP contribution in [-0.2, 0) is 16.1 Å². The Labute approximate surface area is 218 Å². The molecular formula is C22H19ClFN7O3S2. The molecule has 0 spiro atoms. The Bertz CT molecular complexity index is 1350. The topological polar surface area (TPSA) is 124 Å². The number of rotatable bonds is 10. The van der Waals surface area contributed by atoms with Gasteiger partial charge in [0.2, 0.25) is 11.0 Å². The minimum Gasteiger partial charge on any atom is -0.484 e. The number of benzene rings is 2. The first kappa shape index (κ1) is 25.5. The third-order valence-corrected chi connectivity index (χ3v) is 6.45. The maximum atomic E-state index is 13.5. The SMILES string of the molecule is Cc1nnc(NC(=O)CSc2nnc(CNC(=O)COc3ccc(Cl)cc3)n2-c2ccc(F)cc2)s1. The lowest BCUT2D eigenvalue weighted by molar-refractivity contribution is -0.123. The molecule has 0 saturated carbocycles. The maximum Gasteiger partial charge on any atom is 0.258 e. The van der Waals surface area contributed by atoms with E-state index >= 15 is 0 Å². The Morgan fingerprint density at radius 3 is 2.50 bits per heavy atom. The summed E-state index contributed by atoms with van der Waals surface area (Å²) in [4.78, 5) is 24.6. The van der Waals surface area contributed by atoms with Crippen molar-refractivity contribution in [3.05, 3.63) is 70.2 Å². The van der Waals surface area contributed by atoms with Crippen LogP contribution >= 0.6 is 34.7 Å². The number of carbonyl (C=O) groups excluding carboxylic acids is 2. The lowest BCUT2D eigenvalue weighted by atomic mass is 10.3. The van der Waals surface area contributed by atoms with E-state index in [9.17, 15) is 14.0 Å². The molecule has 0 saturated heterocycles. The van der Waals surface area contributed by atoms with Gasteiger partial charge in [0.15, 0.2) is 17.6 Å². The van der Waals surface area contributed by atoms with Crippen molar-refractivity contribution in [3.63, 3.8) is 0 Å². The van der Waals surface area contributed by atoms with Crippen molar-refractivity contribution in [2.24, 2.45) is 0 Å². The van der Waals surface area contributed by atoms with E-state index in [2.05, 4.69) is 31.0 Å². The molecule has 2 aromatic carbocycles. The minimum atomic E-state index is -0.401. The molecule has 2 amide bonds. The molecule has 2 N–H and O–H groups in total. The fraction of sp³-hybridized carbons (Fsp3) is 0.182. The minimum absolute atomic E-state index is 0.0270. The molecule has 0 fully saturated rings. The summed E-state index contributed by atoms with van der Waals surface area (Å²) in [7, 11) is 0. The van der Waals surface area contributed by atoms with Gasteiger partial charge >= 0.3 is 0 Å². The molecule has 186 valence electrons. The number of nitrogens with zero attached hydrogens (tertiary/aromatic N) is 5. The highest BCUT2D eigenvalue weighted by Gasteiger charge is 2.17. The lowest BCUT2D eigenvalue weighted by Crippen LogP contribution is -2.29. The Balaban J connectivity index is 1.41. The first-order chi connectivity index (χ1) is 17.4. The van der Waals surface area contributed by atoms with E-state index < -0.39 is 5.82 Å². The molecule has 0 aliphatic heterocycles. The van der Waals surface area contributed by atoms with E-state index in [4.69, 9.17) is 16.3 Å². The van der Waals surface area contributed by atoms with E-state index in [0.29, 0.717) is 32.6 Å². The molecule has 0 bridgehead atoms. The van der Waals surface area contributed by atoms with Gasteiger partial charge < -0.3 is 10.1 Å². The summed E-state index contributed by atoms with van der Waals surface area (Å²) in [6.45, 7) is 1.61. The van der Waals surface area contributed by atoms with Crippen LogP contribution in [0.1, 0.15) is 10.8 Å². The van der Waals surface area contributed by atoms with E-state index in [0.717, 1.165) is 16.8 Å². The average molecular weight is 548 g/mol. The van der Waals surface area contributed by atoms with Crippen molar-refractivity contribution in [1.82, 2.24) is 30.3 Å². The Morgan fingerprint density at radius 2 is 1.81 bits per heavy atom. The molecule has 10 nitrogen and oxygen atoms in total. The number of hydrogen-bond donors (Lipinski definition) is 2. The van der Waals surface area contributed by atoms with Crippen LogP contribution in [0, 0.1) is 12.7 Å². The number of aryl methyl sites for hydroxylation is 1. The number of ether oxygens (including phenoxy) is 1. The van der Waals surface area contributed by atoms with Gasteiger partial charge in [-0.25, -0.2) is 4.39 Å². The third-order valence-electron chi connectivity index (χ3n) is 4.52. The summed E-state index contributed by atoms with van der Waals surface area (Å²) in [6.07, 6.45) is 0. The zero-order valence-corrected chi connectivity index (χ0v) is 21.2. The van der Waals surface area contributed by atoms with E-state index in [1.54, 1.807) is 47.9 Å². The van der Waals surface area contributed by atoms with Gasteiger partial charge in [0.1, 0.15) is 16.6 Å². The Kier molecular flexibility index (Phi) is 8.46. The summed E-state index contributed by atoms with van der Waals surface area (Å²) in [5.74, 6) is -0.145. The standard InChI is InChI=1S/C22H19ClFN7O3S2/c1-13-27-29-21(36-13)26-20(33)12-35-22-30-28-18(31(22)16-6-4-15(24)5-7-16)10-25-19(32)11-34-17-8-2-14(23)3-9-17/h2-9H,10-12H2,1H3,(H,25,32)(H,26,29,33). The van der Waals surface area contributed by atoms with Gasteiger partial charge in [0, 0.05) is 10.7 Å². The number of carbonyl (C=O) groups is 2. The van der Waals surface area contributed by atoms with Crippen LogP contribution in [0.5, 0.6) is 5.75 Å². The number of nitrogens with one attached hydrogen (secondary N) is 2. The predicted octanol–water partition coefficient (Wildman–Crippen LogP) is 3.65. The van der Waals surface area contributed by atoms with Gasteiger partial charge in [-0.3, -0.25) is 19.5 Å². The predicted molar refractivity (Wildman–Crippen MR) is 134 cm³/mol. The molecule has 4 aromatic rings. The number of hydrogen-bond acceptors (Lipinski definition) is 9. The second-order valence-electron chi connectivity index (χ2n) is 7.19. The molecule has 0 atom stereocenters. The summed E-state index contributed by atoms with van der Waals surface area (Å²) in [5, 5.41) is 23.5. The van der Waals surface area contributed by atoms with Gasteiger partial charge in [-0.1, -0.05) is 34.7 Å². The maximum absolute atomic E-state index is 13.5. The number of halogens is 2. The largest absolute Gasteiger partial charge is 0.484 e. The molecule has 0 aliphatic rings. The Hall–Kier alpha value is -3.55. The van der Waals surface area contributed by atoms with Gasteiger partial charge in [0.25, 0.3) is 5.91 Å². The Morgan fingerprint density at radius 1 is 1.06 bits per heavy atom. The van der Waals surface area contributed by atoms with Crippen LogP contribution in [0.25, 0.3) is 5.69 Å². The van der Waals surface area contributed by atoms with Crippen molar-refractivity contribution >= 4 is 51.6 Å². The summed E-state index contributed by atoms with van der Waals surface area (Å²) in [6, 6.07) is 12.4. The molecule has 0 aliphatic carbocycles. The molecule has 0 unspecified atom stereocenters. The highest BCUT2D eigenvalue weighted by molar-refractivity contribution is 7.99. The van der Waals surface area contributed by atoms with Crippen molar-refractivity contribution < 1.29 is 18.7 Å². The van der Waals surface area contributed by atoms with Gasteiger partial charge in [0.05, 0.1) is 12.3 Å². The van der Waals surface area contributed by atoms with E-state index in [-0.39, 0.29) is 30.7 Å².